The molecule has 0 fully saturated rings. The second kappa shape index (κ2) is 6.37. The monoisotopic (exact) mass is 275 g/mol. The van der Waals surface area contributed by atoms with Crippen LogP contribution in [0.1, 0.15) is 38.2 Å². The molecule has 0 radical (unpaired) electrons. The molecular weight excluding hydrogens is 258 g/mol. The summed E-state index contributed by atoms with van der Waals surface area (Å²) < 4.78 is 0.700. The van der Waals surface area contributed by atoms with Gasteiger partial charge in [-0.1, -0.05) is 20.3 Å². The molecule has 0 aliphatic rings. The number of thiophene rings is 1. The maximum absolute atomic E-state index is 10.9. The molecule has 17 heavy (non-hydrogen) atoms. The molecule has 0 bridgehead atoms. The summed E-state index contributed by atoms with van der Waals surface area (Å²) in [5.74, 6) is 1.41. The summed E-state index contributed by atoms with van der Waals surface area (Å²) in [5, 5.41) is 20.3. The average molecular weight is 275 g/mol. The minimum Gasteiger partial charge on any atom is -0.388 e. The van der Waals surface area contributed by atoms with Gasteiger partial charge >= 0.3 is 0 Å². The topological polar surface area (TPSA) is 63.4 Å². The average Bonchev–Trinajstić information content (AvgIpc) is 2.70. The van der Waals surface area contributed by atoms with Crippen LogP contribution in [0.3, 0.4) is 0 Å². The molecule has 0 aromatic carbocycles. The first-order valence-corrected chi connectivity index (χ1v) is 7.34. The largest absolute Gasteiger partial charge is 0.388 e. The number of rotatable bonds is 6. The van der Waals surface area contributed by atoms with Gasteiger partial charge in [0.15, 0.2) is 0 Å². The van der Waals surface area contributed by atoms with Crippen molar-refractivity contribution in [2.24, 2.45) is 5.92 Å². The number of thioether (sulfide) groups is 1. The van der Waals surface area contributed by atoms with Gasteiger partial charge in [-0.15, -0.1) is 23.1 Å². The van der Waals surface area contributed by atoms with E-state index in [2.05, 4.69) is 13.8 Å². The van der Waals surface area contributed by atoms with Crippen molar-refractivity contribution >= 4 is 28.8 Å². The third-order valence-corrected chi connectivity index (χ3v) is 5.40. The van der Waals surface area contributed by atoms with E-state index < -0.39 is 6.10 Å². The highest BCUT2D eigenvalue weighted by Crippen LogP contribution is 2.40. The lowest BCUT2D eigenvalue weighted by atomic mass is 10.2. The molecule has 0 aliphatic carbocycles. The lowest BCUT2D eigenvalue weighted by Gasteiger charge is -2.05. The highest BCUT2D eigenvalue weighted by Gasteiger charge is 2.21. The second-order valence-corrected chi connectivity index (χ2v) is 6.45. The van der Waals surface area contributed by atoms with Crippen molar-refractivity contribution in [2.75, 3.05) is 5.75 Å². The van der Waals surface area contributed by atoms with E-state index in [1.165, 1.54) is 29.2 Å². The lowest BCUT2D eigenvalue weighted by molar-refractivity contribution is -0.387. The van der Waals surface area contributed by atoms with Crippen LogP contribution in [0.15, 0.2) is 10.3 Å². The van der Waals surface area contributed by atoms with Gasteiger partial charge in [-0.05, 0) is 12.8 Å². The quantitative estimate of drug-likeness (QED) is 0.486. The fourth-order valence-corrected chi connectivity index (χ4v) is 3.63. The van der Waals surface area contributed by atoms with Crippen LogP contribution in [0.2, 0.25) is 0 Å². The van der Waals surface area contributed by atoms with E-state index in [-0.39, 0.29) is 10.6 Å². The van der Waals surface area contributed by atoms with Crippen LogP contribution < -0.4 is 0 Å². The Morgan fingerprint density at radius 3 is 2.71 bits per heavy atom. The van der Waals surface area contributed by atoms with E-state index in [0.29, 0.717) is 15.0 Å². The summed E-state index contributed by atoms with van der Waals surface area (Å²) in [6.45, 7) is 5.86. The van der Waals surface area contributed by atoms with Gasteiger partial charge in [0.2, 0.25) is 0 Å². The van der Waals surface area contributed by atoms with E-state index in [0.717, 1.165) is 12.2 Å². The molecule has 1 unspecified atom stereocenters. The van der Waals surface area contributed by atoms with Crippen LogP contribution in [0.25, 0.3) is 0 Å². The Labute approximate surface area is 109 Å². The van der Waals surface area contributed by atoms with Crippen molar-refractivity contribution in [2.45, 2.75) is 37.5 Å². The molecule has 0 saturated carbocycles. The van der Waals surface area contributed by atoms with Gasteiger partial charge in [0.05, 0.1) is 11.0 Å². The highest BCUT2D eigenvalue weighted by molar-refractivity contribution is 8.01. The minimum atomic E-state index is -0.642. The molecule has 1 rings (SSSR count). The summed E-state index contributed by atoms with van der Waals surface area (Å²) >= 11 is 2.83. The zero-order valence-electron chi connectivity index (χ0n) is 10.2. The molecule has 0 aliphatic heterocycles. The predicted molar refractivity (Wildman–Crippen MR) is 71.8 cm³/mol. The third-order valence-electron chi connectivity index (χ3n) is 2.50. The number of nitrogens with zero attached hydrogens (tertiary/aromatic N) is 1. The van der Waals surface area contributed by atoms with E-state index in [9.17, 15) is 15.2 Å². The number of aliphatic hydroxyl groups is 1. The fourth-order valence-electron chi connectivity index (χ4n) is 1.15. The Kier molecular flexibility index (Phi) is 5.42. The summed E-state index contributed by atoms with van der Waals surface area (Å²) in [4.78, 5) is 11.2. The molecule has 0 spiro atoms. The molecular formula is C11H17NO3S2. The van der Waals surface area contributed by atoms with Gasteiger partial charge < -0.3 is 5.11 Å². The van der Waals surface area contributed by atoms with Crippen LogP contribution in [-0.4, -0.2) is 15.8 Å². The van der Waals surface area contributed by atoms with Crippen molar-refractivity contribution in [1.82, 2.24) is 0 Å². The van der Waals surface area contributed by atoms with Crippen LogP contribution in [0, 0.1) is 16.0 Å². The molecule has 4 nitrogen and oxygen atoms in total. The second-order valence-electron chi connectivity index (χ2n) is 4.08. The summed E-state index contributed by atoms with van der Waals surface area (Å²) in [5.41, 5.74) is 0.124. The van der Waals surface area contributed by atoms with E-state index >= 15 is 0 Å². The van der Waals surface area contributed by atoms with Crippen molar-refractivity contribution < 1.29 is 10.0 Å². The van der Waals surface area contributed by atoms with E-state index in [4.69, 9.17) is 0 Å². The molecule has 1 heterocycles. The summed E-state index contributed by atoms with van der Waals surface area (Å²) in [6, 6.07) is 1.48. The Morgan fingerprint density at radius 2 is 2.24 bits per heavy atom. The molecule has 1 aromatic rings. The molecule has 6 heteroatoms. The number of aliphatic hydroxyl groups excluding tert-OH is 1. The smallest absolute Gasteiger partial charge is 0.294 e. The molecule has 96 valence electrons. The zero-order valence-corrected chi connectivity index (χ0v) is 11.8. The van der Waals surface area contributed by atoms with Crippen LogP contribution in [-0.2, 0) is 0 Å². The molecule has 2 atom stereocenters. The van der Waals surface area contributed by atoms with Gasteiger partial charge in [0, 0.05) is 16.7 Å². The van der Waals surface area contributed by atoms with Crippen LogP contribution in [0.4, 0.5) is 5.69 Å². The normalized spacial score (nSPS) is 14.6. The molecule has 1 N–H and O–H groups in total. The van der Waals surface area contributed by atoms with E-state index in [1.54, 1.807) is 6.92 Å². The van der Waals surface area contributed by atoms with Gasteiger partial charge in [-0.2, -0.15) is 0 Å². The predicted octanol–water partition coefficient (Wildman–Crippen LogP) is 3.85. The van der Waals surface area contributed by atoms with Crippen molar-refractivity contribution in [1.29, 1.82) is 0 Å². The van der Waals surface area contributed by atoms with Gasteiger partial charge in [0.25, 0.3) is 5.69 Å². The Bertz CT molecular complexity index is 390. The number of hydrogen-bond acceptors (Lipinski definition) is 5. The Balaban J connectivity index is 2.85. The van der Waals surface area contributed by atoms with Crippen LogP contribution in [0.5, 0.6) is 0 Å². The van der Waals surface area contributed by atoms with Gasteiger partial charge in [0.1, 0.15) is 4.21 Å². The first kappa shape index (κ1) is 14.5. The zero-order chi connectivity index (χ0) is 13.0. The lowest BCUT2D eigenvalue weighted by Crippen LogP contribution is -1.95. The molecule has 0 saturated heterocycles. The summed E-state index contributed by atoms with van der Waals surface area (Å²) in [6.07, 6.45) is 0.423. The maximum Gasteiger partial charge on any atom is 0.294 e. The number of nitro groups is 1. The SMILES string of the molecule is CCC(C)CSc1sc([C@H](C)O)cc1[N+](=O)[O-]. The van der Waals surface area contributed by atoms with Crippen molar-refractivity contribution in [3.8, 4) is 0 Å². The van der Waals surface area contributed by atoms with Gasteiger partial charge in [-0.3, -0.25) is 10.1 Å². The first-order valence-electron chi connectivity index (χ1n) is 5.54. The number of hydrogen-bond donors (Lipinski definition) is 1. The molecule has 1 aromatic heterocycles. The van der Waals surface area contributed by atoms with Crippen LogP contribution >= 0.6 is 23.1 Å². The minimum absolute atomic E-state index is 0.124. The summed E-state index contributed by atoms with van der Waals surface area (Å²) in [7, 11) is 0. The first-order chi connectivity index (χ1) is 7.95. The van der Waals surface area contributed by atoms with Gasteiger partial charge in [-0.25, -0.2) is 0 Å². The highest BCUT2D eigenvalue weighted by atomic mass is 32.2. The Morgan fingerprint density at radius 1 is 1.59 bits per heavy atom. The standard InChI is InChI=1S/C11H17NO3S2/c1-4-7(2)6-16-11-9(12(14)15)5-10(17-11)8(3)13/h5,7-8,13H,4,6H2,1-3H3/t7?,8-/m0/s1. The molecule has 0 amide bonds. The maximum atomic E-state index is 10.9. The van der Waals surface area contributed by atoms with Crippen molar-refractivity contribution in [3.63, 3.8) is 0 Å². The van der Waals surface area contributed by atoms with E-state index in [1.807, 2.05) is 0 Å². The Hall–Kier alpha value is -0.590. The van der Waals surface area contributed by atoms with Crippen molar-refractivity contribution in [3.05, 3.63) is 21.1 Å². The fraction of sp³-hybridized carbons (Fsp3) is 0.636. The third kappa shape index (κ3) is 3.97.